The zero-order valence-electron chi connectivity index (χ0n) is 18.9. The molecule has 4 nitrogen and oxygen atoms in total. The number of piperidine rings is 1. The van der Waals surface area contributed by atoms with E-state index in [0.29, 0.717) is 31.7 Å². The van der Waals surface area contributed by atoms with Crippen LogP contribution in [0, 0.1) is 23.4 Å². The van der Waals surface area contributed by atoms with Crippen LogP contribution in [0.4, 0.5) is 13.2 Å². The second-order valence-corrected chi connectivity index (χ2v) is 8.85. The van der Waals surface area contributed by atoms with Gasteiger partial charge >= 0.3 is 0 Å². The maximum atomic E-state index is 14.1. The number of likely N-dealkylation sites (N-methyl/N-ethyl adjacent to an activating group) is 1. The lowest BCUT2D eigenvalue weighted by molar-refractivity contribution is -0.131. The molecule has 0 aliphatic carbocycles. The summed E-state index contributed by atoms with van der Waals surface area (Å²) in [5, 5.41) is 0. The second kappa shape index (κ2) is 11.5. The molecule has 1 fully saturated rings. The van der Waals surface area contributed by atoms with Crippen molar-refractivity contribution in [1.82, 2.24) is 14.7 Å². The van der Waals surface area contributed by atoms with E-state index in [9.17, 15) is 18.0 Å². The third-order valence-corrected chi connectivity index (χ3v) is 5.99. The van der Waals surface area contributed by atoms with Crippen LogP contribution in [-0.2, 0) is 17.8 Å². The van der Waals surface area contributed by atoms with Crippen molar-refractivity contribution in [2.75, 3.05) is 46.8 Å². The fraction of sp³-hybridized carbons (Fsp3) is 0.480. The highest BCUT2D eigenvalue weighted by Gasteiger charge is 2.26. The number of likely N-dealkylation sites (tertiary alicyclic amines) is 1. The van der Waals surface area contributed by atoms with E-state index in [1.54, 1.807) is 17.0 Å². The first-order valence-corrected chi connectivity index (χ1v) is 11.1. The number of carbonyl (C=O) groups excluding carboxylic acids is 1. The molecule has 1 amide bonds. The normalized spacial score (nSPS) is 17.0. The summed E-state index contributed by atoms with van der Waals surface area (Å²) < 4.78 is 42.2. The zero-order valence-corrected chi connectivity index (χ0v) is 18.9. The summed E-state index contributed by atoms with van der Waals surface area (Å²) in [4.78, 5) is 19.0. The molecule has 0 saturated carbocycles. The predicted octanol–water partition coefficient (Wildman–Crippen LogP) is 3.95. The van der Waals surface area contributed by atoms with Crippen LogP contribution in [0.25, 0.3) is 0 Å². The van der Waals surface area contributed by atoms with Gasteiger partial charge in [-0.2, -0.15) is 0 Å². The maximum Gasteiger partial charge on any atom is 0.227 e. The highest BCUT2D eigenvalue weighted by molar-refractivity contribution is 5.79. The molecule has 1 unspecified atom stereocenters. The molecule has 1 aliphatic rings. The molecule has 0 aromatic heterocycles. The third-order valence-electron chi connectivity index (χ3n) is 5.99. The Morgan fingerprint density at radius 3 is 2.38 bits per heavy atom. The third kappa shape index (κ3) is 6.81. The first-order valence-electron chi connectivity index (χ1n) is 11.1. The van der Waals surface area contributed by atoms with Gasteiger partial charge in [0.2, 0.25) is 5.91 Å². The molecule has 2 aromatic rings. The van der Waals surface area contributed by atoms with Crippen molar-refractivity contribution in [3.8, 4) is 0 Å². The summed E-state index contributed by atoms with van der Waals surface area (Å²) in [7, 11) is 3.85. The quantitative estimate of drug-likeness (QED) is 0.583. The fourth-order valence-corrected chi connectivity index (χ4v) is 4.23. The van der Waals surface area contributed by atoms with Crippen molar-refractivity contribution in [3.05, 3.63) is 71.0 Å². The molecule has 1 saturated heterocycles. The molecular weight excluding hydrogens is 415 g/mol. The average molecular weight is 448 g/mol. The summed E-state index contributed by atoms with van der Waals surface area (Å²) >= 11 is 0. The fourth-order valence-electron chi connectivity index (χ4n) is 4.23. The van der Waals surface area contributed by atoms with Crippen LogP contribution in [0.2, 0.25) is 0 Å². The van der Waals surface area contributed by atoms with E-state index in [0.717, 1.165) is 25.9 Å². The SMILES string of the molecule is CN(C)CCN(CC1CCCN(Cc2ccccc2F)C1)C(=O)Cc1c(F)cccc1F. The summed E-state index contributed by atoms with van der Waals surface area (Å²) in [6.07, 6.45) is 1.64. The predicted molar refractivity (Wildman–Crippen MR) is 120 cm³/mol. The average Bonchev–Trinajstić information content (AvgIpc) is 2.75. The van der Waals surface area contributed by atoms with Gasteiger partial charge in [0.1, 0.15) is 17.5 Å². The van der Waals surface area contributed by atoms with Crippen molar-refractivity contribution in [1.29, 1.82) is 0 Å². The Bertz CT molecular complexity index is 886. The molecule has 174 valence electrons. The number of hydrogen-bond acceptors (Lipinski definition) is 3. The molecule has 0 N–H and O–H groups in total. The van der Waals surface area contributed by atoms with Crippen molar-refractivity contribution in [3.63, 3.8) is 0 Å². The van der Waals surface area contributed by atoms with Gasteiger partial charge in [-0.05, 0) is 57.6 Å². The van der Waals surface area contributed by atoms with Crippen LogP contribution in [0.1, 0.15) is 24.0 Å². The molecule has 0 bridgehead atoms. The Kier molecular flexibility index (Phi) is 8.70. The Labute approximate surface area is 188 Å². The van der Waals surface area contributed by atoms with Crippen LogP contribution in [0.15, 0.2) is 42.5 Å². The van der Waals surface area contributed by atoms with Crippen LogP contribution in [-0.4, -0.2) is 67.4 Å². The lowest BCUT2D eigenvalue weighted by atomic mass is 9.96. The van der Waals surface area contributed by atoms with E-state index in [1.807, 2.05) is 25.1 Å². The minimum Gasteiger partial charge on any atom is -0.341 e. The van der Waals surface area contributed by atoms with Gasteiger partial charge in [0, 0.05) is 43.9 Å². The maximum absolute atomic E-state index is 14.1. The molecule has 3 rings (SSSR count). The number of benzene rings is 2. The van der Waals surface area contributed by atoms with E-state index in [4.69, 9.17) is 0 Å². The lowest BCUT2D eigenvalue weighted by Gasteiger charge is -2.36. The van der Waals surface area contributed by atoms with Gasteiger partial charge in [-0.1, -0.05) is 24.3 Å². The molecule has 7 heteroatoms. The van der Waals surface area contributed by atoms with Crippen LogP contribution >= 0.6 is 0 Å². The van der Waals surface area contributed by atoms with Gasteiger partial charge in [-0.15, -0.1) is 0 Å². The van der Waals surface area contributed by atoms with Crippen molar-refractivity contribution in [2.24, 2.45) is 5.92 Å². The van der Waals surface area contributed by atoms with Crippen LogP contribution < -0.4 is 0 Å². The number of amides is 1. The van der Waals surface area contributed by atoms with E-state index in [-0.39, 0.29) is 29.6 Å². The molecule has 1 aliphatic heterocycles. The highest BCUT2D eigenvalue weighted by Crippen LogP contribution is 2.22. The Morgan fingerprint density at radius 2 is 1.69 bits per heavy atom. The molecule has 1 heterocycles. The Balaban J connectivity index is 1.66. The number of halogens is 3. The molecule has 0 spiro atoms. The van der Waals surface area contributed by atoms with Gasteiger partial charge in [0.15, 0.2) is 0 Å². The second-order valence-electron chi connectivity index (χ2n) is 8.85. The summed E-state index contributed by atoms with van der Waals surface area (Å²) in [6, 6.07) is 10.5. The van der Waals surface area contributed by atoms with Crippen molar-refractivity contribution < 1.29 is 18.0 Å². The van der Waals surface area contributed by atoms with Crippen molar-refractivity contribution >= 4 is 5.91 Å². The Hall–Kier alpha value is -2.38. The topological polar surface area (TPSA) is 26.8 Å². The van der Waals surface area contributed by atoms with Gasteiger partial charge in [-0.25, -0.2) is 13.2 Å². The molecule has 1 atom stereocenters. The number of carbonyl (C=O) groups is 1. The molecule has 2 aromatic carbocycles. The van der Waals surface area contributed by atoms with Gasteiger partial charge in [-0.3, -0.25) is 9.69 Å². The first kappa shape index (κ1) is 24.3. The highest BCUT2D eigenvalue weighted by atomic mass is 19.1. The molecule has 32 heavy (non-hydrogen) atoms. The van der Waals surface area contributed by atoms with Crippen molar-refractivity contribution in [2.45, 2.75) is 25.8 Å². The van der Waals surface area contributed by atoms with E-state index >= 15 is 0 Å². The Morgan fingerprint density at radius 1 is 1.00 bits per heavy atom. The van der Waals surface area contributed by atoms with Gasteiger partial charge in [0.05, 0.1) is 6.42 Å². The van der Waals surface area contributed by atoms with Gasteiger partial charge in [0.25, 0.3) is 0 Å². The zero-order chi connectivity index (χ0) is 23.1. The smallest absolute Gasteiger partial charge is 0.227 e. The standard InChI is InChI=1S/C25H32F3N3O/c1-29(2)13-14-31(25(32)15-21-23(27)10-5-11-24(21)28)17-19-7-6-12-30(16-19)18-20-8-3-4-9-22(20)26/h3-5,8-11,19H,6-7,12-18H2,1-2H3. The summed E-state index contributed by atoms with van der Waals surface area (Å²) in [5.41, 5.74) is 0.487. The number of hydrogen-bond donors (Lipinski definition) is 0. The monoisotopic (exact) mass is 447 g/mol. The largest absolute Gasteiger partial charge is 0.341 e. The van der Waals surface area contributed by atoms with E-state index < -0.39 is 11.6 Å². The molecule has 0 radical (unpaired) electrons. The van der Waals surface area contributed by atoms with E-state index in [1.165, 1.54) is 24.3 Å². The minimum absolute atomic E-state index is 0.183. The van der Waals surface area contributed by atoms with Crippen LogP contribution in [0.5, 0.6) is 0 Å². The number of rotatable bonds is 9. The summed E-state index contributed by atoms with van der Waals surface area (Å²) in [6.45, 7) is 3.86. The summed E-state index contributed by atoms with van der Waals surface area (Å²) in [5.74, 6) is -1.64. The van der Waals surface area contributed by atoms with Gasteiger partial charge < -0.3 is 9.80 Å². The number of nitrogens with zero attached hydrogens (tertiary/aromatic N) is 3. The first-order chi connectivity index (χ1) is 15.3. The van der Waals surface area contributed by atoms with E-state index in [2.05, 4.69) is 4.90 Å². The lowest BCUT2D eigenvalue weighted by Crippen LogP contribution is -2.45. The molecular formula is C25H32F3N3O. The minimum atomic E-state index is -0.695. The van der Waals surface area contributed by atoms with Crippen LogP contribution in [0.3, 0.4) is 0 Å².